The Kier molecular flexibility index (Phi) is 5.27. The Balaban J connectivity index is 1.45. The largest absolute Gasteiger partial charge is 0.497 e. The van der Waals surface area contributed by atoms with E-state index in [1.807, 2.05) is 29.6 Å². The number of ether oxygens (including phenoxy) is 1. The van der Waals surface area contributed by atoms with Crippen LogP contribution in [0.1, 0.15) is 5.69 Å². The number of benzene rings is 2. The number of nitrogen functional groups attached to an aromatic ring is 1. The number of rotatable bonds is 6. The zero-order chi connectivity index (χ0) is 19.5. The van der Waals surface area contributed by atoms with E-state index in [1.54, 1.807) is 19.2 Å². The minimum absolute atomic E-state index is 0.258. The van der Waals surface area contributed by atoms with Crippen LogP contribution < -0.4 is 10.6 Å². The topological polar surface area (TPSA) is 78.9 Å². The molecule has 0 radical (unpaired) electrons. The van der Waals surface area contributed by atoms with Gasteiger partial charge in [0.15, 0.2) is 5.82 Å². The van der Waals surface area contributed by atoms with Gasteiger partial charge in [-0.2, -0.15) is 0 Å². The van der Waals surface area contributed by atoms with Crippen LogP contribution in [-0.4, -0.2) is 27.0 Å². The normalized spacial score (nSPS) is 10.9. The second kappa shape index (κ2) is 7.99. The number of hydrogen-bond donors (Lipinski definition) is 1. The molecule has 2 aromatic heterocycles. The molecule has 0 bridgehead atoms. The molecule has 0 aliphatic heterocycles. The van der Waals surface area contributed by atoms with Crippen molar-refractivity contribution in [2.45, 2.75) is 10.9 Å². The van der Waals surface area contributed by atoms with Crippen molar-refractivity contribution in [3.8, 4) is 27.7 Å². The maximum Gasteiger partial charge on any atom is 0.210 e. The number of methoxy groups -OCH3 is 1. The number of aromatic nitrogens is 4. The van der Waals surface area contributed by atoms with E-state index in [9.17, 15) is 4.39 Å². The molecule has 0 saturated carbocycles. The van der Waals surface area contributed by atoms with E-state index < -0.39 is 0 Å². The third kappa shape index (κ3) is 3.85. The lowest BCUT2D eigenvalue weighted by Gasteiger charge is -2.04. The van der Waals surface area contributed by atoms with Crippen LogP contribution in [0.4, 0.5) is 4.39 Å². The fourth-order valence-electron chi connectivity index (χ4n) is 2.55. The van der Waals surface area contributed by atoms with E-state index in [2.05, 4.69) is 15.2 Å². The summed E-state index contributed by atoms with van der Waals surface area (Å²) in [6, 6.07) is 13.8. The number of nitrogens with zero attached hydrogens (tertiary/aromatic N) is 4. The van der Waals surface area contributed by atoms with E-state index in [-0.39, 0.29) is 5.82 Å². The van der Waals surface area contributed by atoms with Crippen LogP contribution in [0.3, 0.4) is 0 Å². The molecule has 0 fully saturated rings. The quantitative estimate of drug-likeness (QED) is 0.377. The van der Waals surface area contributed by atoms with Gasteiger partial charge in [-0.3, -0.25) is 0 Å². The molecule has 6 nitrogen and oxygen atoms in total. The van der Waals surface area contributed by atoms with Gasteiger partial charge >= 0.3 is 0 Å². The first-order chi connectivity index (χ1) is 13.6. The first-order valence-electron chi connectivity index (χ1n) is 8.32. The summed E-state index contributed by atoms with van der Waals surface area (Å²) in [5, 5.41) is 11.8. The fraction of sp³-hybridized carbons (Fsp3) is 0.105. The Morgan fingerprint density at radius 2 is 1.79 bits per heavy atom. The van der Waals surface area contributed by atoms with E-state index in [0.29, 0.717) is 16.7 Å². The van der Waals surface area contributed by atoms with Crippen LogP contribution in [0.5, 0.6) is 5.75 Å². The summed E-state index contributed by atoms with van der Waals surface area (Å²) < 4.78 is 19.7. The molecule has 0 aliphatic rings. The molecule has 28 heavy (non-hydrogen) atoms. The molecule has 2 N–H and O–H groups in total. The zero-order valence-electron chi connectivity index (χ0n) is 14.9. The van der Waals surface area contributed by atoms with Gasteiger partial charge in [0.05, 0.1) is 12.8 Å². The van der Waals surface area contributed by atoms with Crippen molar-refractivity contribution in [2.24, 2.45) is 0 Å². The highest BCUT2D eigenvalue weighted by atomic mass is 32.2. The molecule has 0 amide bonds. The number of halogens is 1. The minimum Gasteiger partial charge on any atom is -0.497 e. The molecule has 0 aliphatic carbocycles. The second-order valence-corrected chi connectivity index (χ2v) is 7.64. The van der Waals surface area contributed by atoms with Crippen LogP contribution >= 0.6 is 23.1 Å². The van der Waals surface area contributed by atoms with Crippen molar-refractivity contribution in [2.75, 3.05) is 13.0 Å². The lowest BCUT2D eigenvalue weighted by atomic mass is 10.2. The number of thiazole rings is 1. The summed E-state index contributed by atoms with van der Waals surface area (Å²) in [6.45, 7) is 0. The first kappa shape index (κ1) is 18.5. The molecule has 2 heterocycles. The molecule has 0 spiro atoms. The van der Waals surface area contributed by atoms with Crippen LogP contribution in [0, 0.1) is 5.82 Å². The van der Waals surface area contributed by atoms with Gasteiger partial charge < -0.3 is 10.6 Å². The molecule has 0 atom stereocenters. The molecular formula is C19H16FN5OS2. The van der Waals surface area contributed by atoms with Crippen LogP contribution in [-0.2, 0) is 5.75 Å². The maximum atomic E-state index is 13.1. The predicted molar refractivity (Wildman–Crippen MR) is 109 cm³/mol. The summed E-state index contributed by atoms with van der Waals surface area (Å²) in [5.74, 6) is 7.86. The second-order valence-electron chi connectivity index (χ2n) is 5.84. The van der Waals surface area contributed by atoms with E-state index in [1.165, 1.54) is 39.9 Å². The van der Waals surface area contributed by atoms with E-state index in [4.69, 9.17) is 10.6 Å². The average molecular weight is 414 g/mol. The van der Waals surface area contributed by atoms with Gasteiger partial charge in [0.2, 0.25) is 5.16 Å². The maximum absolute atomic E-state index is 13.1. The van der Waals surface area contributed by atoms with Crippen molar-refractivity contribution in [1.82, 2.24) is 19.9 Å². The Hall–Kier alpha value is -2.91. The number of thioether (sulfide) groups is 1. The molecular weight excluding hydrogens is 397 g/mol. The summed E-state index contributed by atoms with van der Waals surface area (Å²) in [7, 11) is 1.62. The Labute approximate surface area is 169 Å². The highest BCUT2D eigenvalue weighted by Crippen LogP contribution is 2.28. The molecule has 142 valence electrons. The summed E-state index contributed by atoms with van der Waals surface area (Å²) in [6.07, 6.45) is 0. The average Bonchev–Trinajstić information content (AvgIpc) is 3.34. The van der Waals surface area contributed by atoms with Crippen molar-refractivity contribution < 1.29 is 9.13 Å². The molecule has 0 saturated heterocycles. The van der Waals surface area contributed by atoms with Gasteiger partial charge in [-0.05, 0) is 48.5 Å². The van der Waals surface area contributed by atoms with Crippen molar-refractivity contribution in [1.29, 1.82) is 0 Å². The zero-order valence-corrected chi connectivity index (χ0v) is 16.5. The minimum atomic E-state index is -0.258. The lowest BCUT2D eigenvalue weighted by Crippen LogP contribution is -2.11. The predicted octanol–water partition coefficient (Wildman–Crippen LogP) is 4.22. The van der Waals surface area contributed by atoms with Gasteiger partial charge in [-0.15, -0.1) is 21.5 Å². The SMILES string of the molecule is COc1ccc(-c2nnc(SCc3csc(-c4ccc(F)cc4)n3)n2N)cc1. The fourth-order valence-corrected chi connectivity index (χ4v) is 4.23. The number of hydrogen-bond acceptors (Lipinski definition) is 7. The Bertz CT molecular complexity index is 1080. The molecule has 0 unspecified atom stereocenters. The van der Waals surface area contributed by atoms with Gasteiger partial charge in [-0.1, -0.05) is 11.8 Å². The first-order valence-corrected chi connectivity index (χ1v) is 10.2. The van der Waals surface area contributed by atoms with Crippen LogP contribution in [0.2, 0.25) is 0 Å². The van der Waals surface area contributed by atoms with Gasteiger partial charge in [-0.25, -0.2) is 14.1 Å². The van der Waals surface area contributed by atoms with Crippen molar-refractivity contribution in [3.63, 3.8) is 0 Å². The van der Waals surface area contributed by atoms with E-state index in [0.717, 1.165) is 27.6 Å². The van der Waals surface area contributed by atoms with Crippen LogP contribution in [0.15, 0.2) is 59.1 Å². The summed E-state index contributed by atoms with van der Waals surface area (Å²) in [5.41, 5.74) is 2.66. The summed E-state index contributed by atoms with van der Waals surface area (Å²) in [4.78, 5) is 4.60. The summed E-state index contributed by atoms with van der Waals surface area (Å²) >= 11 is 2.98. The molecule has 2 aromatic carbocycles. The Morgan fingerprint density at radius 1 is 1.07 bits per heavy atom. The van der Waals surface area contributed by atoms with Crippen molar-refractivity contribution in [3.05, 3.63) is 65.4 Å². The lowest BCUT2D eigenvalue weighted by molar-refractivity contribution is 0.415. The van der Waals surface area contributed by atoms with Crippen molar-refractivity contribution >= 4 is 23.1 Å². The number of nitrogens with two attached hydrogens (primary N) is 1. The highest BCUT2D eigenvalue weighted by molar-refractivity contribution is 7.98. The van der Waals surface area contributed by atoms with Crippen LogP contribution in [0.25, 0.3) is 22.0 Å². The van der Waals surface area contributed by atoms with Gasteiger partial charge in [0.25, 0.3) is 0 Å². The smallest absolute Gasteiger partial charge is 0.210 e. The Morgan fingerprint density at radius 3 is 2.50 bits per heavy atom. The van der Waals surface area contributed by atoms with Gasteiger partial charge in [0, 0.05) is 22.3 Å². The standard InChI is InChI=1S/C19H16FN5OS2/c1-26-16-8-4-12(5-9-16)17-23-24-19(25(17)21)28-11-15-10-27-18(22-15)13-2-6-14(20)7-3-13/h2-10H,11,21H2,1H3. The molecule has 9 heteroatoms. The van der Waals surface area contributed by atoms with E-state index >= 15 is 0 Å². The molecule has 4 aromatic rings. The highest BCUT2D eigenvalue weighted by Gasteiger charge is 2.13. The third-order valence-electron chi connectivity index (χ3n) is 4.00. The van der Waals surface area contributed by atoms with Gasteiger partial charge in [0.1, 0.15) is 16.6 Å². The molecule has 4 rings (SSSR count). The third-order valence-corrected chi connectivity index (χ3v) is 5.92. The monoisotopic (exact) mass is 413 g/mol.